The van der Waals surface area contributed by atoms with Crippen LogP contribution in [0, 0.1) is 17.2 Å². The number of hydrogen-bond donors (Lipinski definition) is 1. The molecule has 0 aliphatic heterocycles. The molecule has 0 bridgehead atoms. The van der Waals surface area contributed by atoms with Gasteiger partial charge in [0.05, 0.1) is 11.3 Å². The standard InChI is InChI=1S/C18H22ClN5OS/c1-11(2)18(4,10-20)21-16(25)12(3)26-17-23-22-15(24(17)5)13-6-8-14(19)9-7-13/h6-9,11-12H,1-5H3,(H,21,25)/t12-,18+/m1/s1. The van der Waals surface area contributed by atoms with Crippen LogP contribution in [0.3, 0.4) is 0 Å². The Bertz CT molecular complexity index is 827. The minimum Gasteiger partial charge on any atom is -0.337 e. The summed E-state index contributed by atoms with van der Waals surface area (Å²) in [6.07, 6.45) is 0. The summed E-state index contributed by atoms with van der Waals surface area (Å²) in [5, 5.41) is 21.5. The average molecular weight is 392 g/mol. The molecule has 0 saturated heterocycles. The first kappa shape index (κ1) is 20.3. The van der Waals surface area contributed by atoms with Gasteiger partial charge in [-0.3, -0.25) is 4.79 Å². The lowest BCUT2D eigenvalue weighted by atomic mass is 9.90. The number of halogens is 1. The van der Waals surface area contributed by atoms with Crippen LogP contribution in [0.25, 0.3) is 11.4 Å². The van der Waals surface area contributed by atoms with Crippen LogP contribution in [0.1, 0.15) is 27.7 Å². The topological polar surface area (TPSA) is 83.6 Å². The predicted molar refractivity (Wildman–Crippen MR) is 104 cm³/mol. The highest BCUT2D eigenvalue weighted by Gasteiger charge is 2.32. The monoisotopic (exact) mass is 391 g/mol. The number of rotatable bonds is 6. The van der Waals surface area contributed by atoms with Gasteiger partial charge in [0, 0.05) is 17.6 Å². The molecule has 0 fully saturated rings. The highest BCUT2D eigenvalue weighted by molar-refractivity contribution is 8.00. The fourth-order valence-corrected chi connectivity index (χ4v) is 3.08. The zero-order chi connectivity index (χ0) is 19.5. The van der Waals surface area contributed by atoms with Crippen molar-refractivity contribution in [1.82, 2.24) is 20.1 Å². The van der Waals surface area contributed by atoms with E-state index in [0.29, 0.717) is 16.0 Å². The molecule has 26 heavy (non-hydrogen) atoms. The third-order valence-electron chi connectivity index (χ3n) is 4.36. The largest absolute Gasteiger partial charge is 0.337 e. The summed E-state index contributed by atoms with van der Waals surface area (Å²) in [7, 11) is 1.85. The first-order valence-electron chi connectivity index (χ1n) is 8.23. The molecular weight excluding hydrogens is 370 g/mol. The Labute approximate surface area is 162 Å². The fraction of sp³-hybridized carbons (Fsp3) is 0.444. The molecule has 138 valence electrons. The van der Waals surface area contributed by atoms with Crippen molar-refractivity contribution in [2.45, 2.75) is 43.6 Å². The van der Waals surface area contributed by atoms with Gasteiger partial charge in [-0.15, -0.1) is 10.2 Å². The quantitative estimate of drug-likeness (QED) is 0.759. The number of hydrogen-bond acceptors (Lipinski definition) is 5. The molecule has 1 heterocycles. The molecule has 1 N–H and O–H groups in total. The molecule has 2 atom stereocenters. The maximum atomic E-state index is 12.5. The number of amides is 1. The Hall–Kier alpha value is -2.04. The summed E-state index contributed by atoms with van der Waals surface area (Å²) >= 11 is 7.22. The van der Waals surface area contributed by atoms with Crippen LogP contribution < -0.4 is 5.32 Å². The Morgan fingerprint density at radius 2 is 1.92 bits per heavy atom. The molecule has 1 aromatic carbocycles. The summed E-state index contributed by atoms with van der Waals surface area (Å²) in [6, 6.07) is 9.52. The van der Waals surface area contributed by atoms with E-state index in [0.717, 1.165) is 5.56 Å². The second-order valence-electron chi connectivity index (χ2n) is 6.59. The molecule has 1 amide bonds. The van der Waals surface area contributed by atoms with Crippen molar-refractivity contribution in [3.63, 3.8) is 0 Å². The lowest BCUT2D eigenvalue weighted by Crippen LogP contribution is -2.51. The molecular formula is C18H22ClN5OS. The van der Waals surface area contributed by atoms with Gasteiger partial charge in [-0.2, -0.15) is 5.26 Å². The molecule has 0 saturated carbocycles. The van der Waals surface area contributed by atoms with Gasteiger partial charge in [0.15, 0.2) is 11.0 Å². The second-order valence-corrected chi connectivity index (χ2v) is 8.33. The van der Waals surface area contributed by atoms with Crippen LogP contribution in [0.2, 0.25) is 5.02 Å². The van der Waals surface area contributed by atoms with Crippen LogP contribution in [-0.2, 0) is 11.8 Å². The molecule has 1 aromatic heterocycles. The number of aromatic nitrogens is 3. The average Bonchev–Trinajstić information content (AvgIpc) is 2.96. The van der Waals surface area contributed by atoms with E-state index in [1.54, 1.807) is 26.0 Å². The van der Waals surface area contributed by atoms with Crippen molar-refractivity contribution in [2.75, 3.05) is 0 Å². The smallest absolute Gasteiger partial charge is 0.234 e. The number of nitrogens with one attached hydrogen (secondary N) is 1. The summed E-state index contributed by atoms with van der Waals surface area (Å²) in [5.74, 6) is 0.490. The van der Waals surface area contributed by atoms with E-state index in [2.05, 4.69) is 21.6 Å². The maximum Gasteiger partial charge on any atom is 0.234 e. The predicted octanol–water partition coefficient (Wildman–Crippen LogP) is 3.67. The van der Waals surface area contributed by atoms with E-state index in [9.17, 15) is 10.1 Å². The van der Waals surface area contributed by atoms with Gasteiger partial charge >= 0.3 is 0 Å². The van der Waals surface area contributed by atoms with Crippen LogP contribution >= 0.6 is 23.4 Å². The van der Waals surface area contributed by atoms with Gasteiger partial charge in [-0.25, -0.2) is 0 Å². The van der Waals surface area contributed by atoms with Crippen molar-refractivity contribution in [2.24, 2.45) is 13.0 Å². The van der Waals surface area contributed by atoms with Gasteiger partial charge in [0.1, 0.15) is 5.54 Å². The molecule has 2 rings (SSSR count). The summed E-state index contributed by atoms with van der Waals surface area (Å²) in [5.41, 5.74) is -0.00880. The molecule has 0 aliphatic rings. The molecule has 0 aliphatic carbocycles. The van der Waals surface area contributed by atoms with E-state index in [1.165, 1.54) is 11.8 Å². The Balaban J connectivity index is 2.13. The molecule has 8 heteroatoms. The van der Waals surface area contributed by atoms with Crippen molar-refractivity contribution in [1.29, 1.82) is 5.26 Å². The first-order valence-corrected chi connectivity index (χ1v) is 9.49. The maximum absolute atomic E-state index is 12.5. The van der Waals surface area contributed by atoms with Crippen molar-refractivity contribution < 1.29 is 4.79 Å². The Kier molecular flexibility index (Phi) is 6.32. The highest BCUT2D eigenvalue weighted by atomic mass is 35.5. The molecule has 0 radical (unpaired) electrons. The molecule has 0 unspecified atom stereocenters. The normalized spacial score (nSPS) is 14.5. The third-order valence-corrected chi connectivity index (χ3v) is 5.74. The first-order chi connectivity index (χ1) is 12.2. The lowest BCUT2D eigenvalue weighted by molar-refractivity contribution is -0.121. The number of nitrogens with zero attached hydrogens (tertiary/aromatic N) is 4. The number of thioether (sulfide) groups is 1. The van der Waals surface area contributed by atoms with Crippen molar-refractivity contribution in [3.05, 3.63) is 29.3 Å². The van der Waals surface area contributed by atoms with Crippen LogP contribution in [0.5, 0.6) is 0 Å². The Morgan fingerprint density at radius 1 is 1.31 bits per heavy atom. The van der Waals surface area contributed by atoms with Gasteiger partial charge in [0.25, 0.3) is 0 Å². The molecule has 0 spiro atoms. The number of benzene rings is 1. The zero-order valence-electron chi connectivity index (χ0n) is 15.4. The summed E-state index contributed by atoms with van der Waals surface area (Å²) in [4.78, 5) is 12.5. The number of nitriles is 1. The third kappa shape index (κ3) is 4.37. The summed E-state index contributed by atoms with van der Waals surface area (Å²) < 4.78 is 1.84. The minimum atomic E-state index is -0.903. The summed E-state index contributed by atoms with van der Waals surface area (Å²) in [6.45, 7) is 7.33. The number of carbonyl (C=O) groups excluding carboxylic acids is 1. The van der Waals surface area contributed by atoms with Gasteiger partial charge in [0.2, 0.25) is 5.91 Å². The minimum absolute atomic E-state index is 0.0000135. The van der Waals surface area contributed by atoms with Gasteiger partial charge in [-0.05, 0) is 44.0 Å². The van der Waals surface area contributed by atoms with Gasteiger partial charge in [-0.1, -0.05) is 37.2 Å². The van der Waals surface area contributed by atoms with E-state index < -0.39 is 10.8 Å². The van der Waals surface area contributed by atoms with Crippen LogP contribution in [0.15, 0.2) is 29.4 Å². The SMILES string of the molecule is CC(C)[C@](C)(C#N)NC(=O)[C@@H](C)Sc1nnc(-c2ccc(Cl)cc2)n1C. The lowest BCUT2D eigenvalue weighted by Gasteiger charge is -2.28. The fourth-order valence-electron chi connectivity index (χ4n) is 2.14. The van der Waals surface area contributed by atoms with E-state index in [-0.39, 0.29) is 11.8 Å². The highest BCUT2D eigenvalue weighted by Crippen LogP contribution is 2.27. The van der Waals surface area contributed by atoms with E-state index in [4.69, 9.17) is 11.6 Å². The van der Waals surface area contributed by atoms with Crippen molar-refractivity contribution in [3.8, 4) is 17.5 Å². The second kappa shape index (κ2) is 8.11. The van der Waals surface area contributed by atoms with Crippen molar-refractivity contribution >= 4 is 29.3 Å². The zero-order valence-corrected chi connectivity index (χ0v) is 17.0. The van der Waals surface area contributed by atoms with Gasteiger partial charge < -0.3 is 9.88 Å². The number of carbonyl (C=O) groups is 1. The van der Waals surface area contributed by atoms with Crippen LogP contribution in [-0.4, -0.2) is 31.5 Å². The van der Waals surface area contributed by atoms with E-state index >= 15 is 0 Å². The van der Waals surface area contributed by atoms with E-state index in [1.807, 2.05) is 37.6 Å². The molecule has 2 aromatic rings. The van der Waals surface area contributed by atoms with Crippen LogP contribution in [0.4, 0.5) is 0 Å². The Morgan fingerprint density at radius 3 is 2.46 bits per heavy atom. The molecule has 6 nitrogen and oxygen atoms in total.